The summed E-state index contributed by atoms with van der Waals surface area (Å²) in [4.78, 5) is 23.3. The van der Waals surface area contributed by atoms with Crippen molar-refractivity contribution in [1.82, 2.24) is 15.0 Å². The van der Waals surface area contributed by atoms with E-state index in [0.29, 0.717) is 24.1 Å². The number of hydrogen-bond acceptors (Lipinski definition) is 6. The normalized spacial score (nSPS) is 10.4. The van der Waals surface area contributed by atoms with Crippen molar-refractivity contribution >= 4 is 11.9 Å². The summed E-state index contributed by atoms with van der Waals surface area (Å²) in [7, 11) is 0. The van der Waals surface area contributed by atoms with Crippen molar-refractivity contribution in [3.8, 4) is 5.88 Å². The first-order valence-corrected chi connectivity index (χ1v) is 6.46. The molecule has 2 heterocycles. The molecule has 2 aromatic heterocycles. The molecule has 0 bridgehead atoms. The number of anilines is 1. The summed E-state index contributed by atoms with van der Waals surface area (Å²) < 4.78 is 5.47. The Morgan fingerprint density at radius 1 is 1.33 bits per heavy atom. The highest BCUT2D eigenvalue weighted by Gasteiger charge is 2.06. The average Bonchev–Trinajstić information content (AvgIpc) is 2.45. The van der Waals surface area contributed by atoms with Gasteiger partial charge < -0.3 is 15.2 Å². The van der Waals surface area contributed by atoms with Gasteiger partial charge in [0.15, 0.2) is 0 Å². The second-order valence-electron chi connectivity index (χ2n) is 4.58. The van der Waals surface area contributed by atoms with Gasteiger partial charge in [0.2, 0.25) is 11.8 Å². The monoisotopic (exact) mass is 288 g/mol. The van der Waals surface area contributed by atoms with E-state index in [1.807, 2.05) is 13.8 Å². The van der Waals surface area contributed by atoms with Crippen LogP contribution in [0, 0.1) is 0 Å². The third-order valence-corrected chi connectivity index (χ3v) is 2.48. The molecule has 0 aromatic carbocycles. The van der Waals surface area contributed by atoms with Crippen LogP contribution in [-0.4, -0.2) is 32.1 Å². The number of aromatic nitrogens is 3. The van der Waals surface area contributed by atoms with Crippen molar-refractivity contribution in [1.29, 1.82) is 0 Å². The minimum atomic E-state index is -0.984. The van der Waals surface area contributed by atoms with Gasteiger partial charge in [-0.15, -0.1) is 0 Å². The van der Waals surface area contributed by atoms with E-state index in [4.69, 9.17) is 9.84 Å². The Kier molecular flexibility index (Phi) is 4.65. The molecule has 0 saturated carbocycles. The molecule has 7 heteroatoms. The molecule has 110 valence electrons. The molecular formula is C14H16N4O3. The number of carboxylic acid groups (broad SMARTS) is 1. The smallest absolute Gasteiger partial charge is 0.335 e. The van der Waals surface area contributed by atoms with E-state index >= 15 is 0 Å². The summed E-state index contributed by atoms with van der Waals surface area (Å²) in [6.45, 7) is 4.15. The Hall–Kier alpha value is -2.70. The zero-order valence-electron chi connectivity index (χ0n) is 11.8. The predicted octanol–water partition coefficient (Wildman–Crippen LogP) is 1.97. The van der Waals surface area contributed by atoms with Crippen molar-refractivity contribution < 1.29 is 14.6 Å². The van der Waals surface area contributed by atoms with Crippen LogP contribution in [0.25, 0.3) is 0 Å². The fourth-order valence-corrected chi connectivity index (χ4v) is 1.61. The summed E-state index contributed by atoms with van der Waals surface area (Å²) in [5.74, 6) is -0.104. The predicted molar refractivity (Wildman–Crippen MR) is 76.3 cm³/mol. The van der Waals surface area contributed by atoms with Gasteiger partial charge in [0.05, 0.1) is 23.9 Å². The number of pyridine rings is 1. The standard InChI is InChI=1S/C14H16N4O3/c1-9(2)21-12-4-6-16-14(18-12)17-8-11-7-10(13(19)20)3-5-15-11/h3-7,9H,8H2,1-2H3,(H,19,20)(H,16,17,18). The second kappa shape index (κ2) is 6.65. The maximum absolute atomic E-state index is 10.9. The maximum atomic E-state index is 10.9. The molecule has 0 unspecified atom stereocenters. The second-order valence-corrected chi connectivity index (χ2v) is 4.58. The highest BCUT2D eigenvalue weighted by molar-refractivity contribution is 5.87. The van der Waals surface area contributed by atoms with Crippen LogP contribution < -0.4 is 10.1 Å². The van der Waals surface area contributed by atoms with E-state index in [-0.39, 0.29) is 11.7 Å². The lowest BCUT2D eigenvalue weighted by molar-refractivity contribution is 0.0696. The number of carboxylic acids is 1. The van der Waals surface area contributed by atoms with Gasteiger partial charge in [-0.05, 0) is 26.0 Å². The van der Waals surface area contributed by atoms with Crippen molar-refractivity contribution in [2.45, 2.75) is 26.5 Å². The first-order valence-electron chi connectivity index (χ1n) is 6.46. The summed E-state index contributed by atoms with van der Waals surface area (Å²) in [5.41, 5.74) is 0.785. The number of rotatable bonds is 6. The van der Waals surface area contributed by atoms with Gasteiger partial charge in [0.1, 0.15) is 0 Å². The van der Waals surface area contributed by atoms with E-state index < -0.39 is 5.97 Å². The molecule has 0 spiro atoms. The summed E-state index contributed by atoms with van der Waals surface area (Å²) in [6, 6.07) is 4.62. The molecule has 0 fully saturated rings. The number of nitrogens with one attached hydrogen (secondary N) is 1. The number of ether oxygens (including phenoxy) is 1. The number of aromatic carboxylic acids is 1. The zero-order valence-corrected chi connectivity index (χ0v) is 11.8. The Bertz CT molecular complexity index is 631. The molecule has 2 aromatic rings. The molecule has 0 atom stereocenters. The molecule has 2 N–H and O–H groups in total. The molecule has 0 aliphatic carbocycles. The van der Waals surface area contributed by atoms with Crippen LogP contribution in [0.4, 0.5) is 5.95 Å². The van der Waals surface area contributed by atoms with E-state index in [1.165, 1.54) is 18.3 Å². The quantitative estimate of drug-likeness (QED) is 0.838. The van der Waals surface area contributed by atoms with Crippen molar-refractivity contribution in [3.05, 3.63) is 41.9 Å². The molecular weight excluding hydrogens is 272 g/mol. The number of carbonyl (C=O) groups is 1. The van der Waals surface area contributed by atoms with Gasteiger partial charge in [0, 0.05) is 18.5 Å². The van der Waals surface area contributed by atoms with Crippen LogP contribution >= 0.6 is 0 Å². The Morgan fingerprint density at radius 2 is 2.10 bits per heavy atom. The summed E-state index contributed by atoms with van der Waals surface area (Å²) in [5, 5.41) is 11.9. The van der Waals surface area contributed by atoms with Gasteiger partial charge in [-0.1, -0.05) is 0 Å². The zero-order chi connectivity index (χ0) is 15.2. The molecule has 0 saturated heterocycles. The number of hydrogen-bond donors (Lipinski definition) is 2. The van der Waals surface area contributed by atoms with Crippen LogP contribution in [0.2, 0.25) is 0 Å². The van der Waals surface area contributed by atoms with Crippen LogP contribution in [0.5, 0.6) is 5.88 Å². The van der Waals surface area contributed by atoms with E-state index in [1.54, 1.807) is 12.3 Å². The van der Waals surface area contributed by atoms with E-state index in [9.17, 15) is 4.79 Å². The lowest BCUT2D eigenvalue weighted by Gasteiger charge is -2.10. The van der Waals surface area contributed by atoms with Crippen LogP contribution in [-0.2, 0) is 6.54 Å². The Balaban J connectivity index is 2.02. The minimum Gasteiger partial charge on any atom is -0.478 e. The van der Waals surface area contributed by atoms with E-state index in [0.717, 1.165) is 0 Å². The summed E-state index contributed by atoms with van der Waals surface area (Å²) >= 11 is 0. The Labute approximate surface area is 122 Å². The molecule has 0 radical (unpaired) electrons. The third-order valence-electron chi connectivity index (χ3n) is 2.48. The topological polar surface area (TPSA) is 97.2 Å². The summed E-state index contributed by atoms with van der Waals surface area (Å²) in [6.07, 6.45) is 3.08. The fraction of sp³-hybridized carbons (Fsp3) is 0.286. The first kappa shape index (κ1) is 14.7. The van der Waals surface area contributed by atoms with E-state index in [2.05, 4.69) is 20.3 Å². The van der Waals surface area contributed by atoms with Crippen LogP contribution in [0.15, 0.2) is 30.6 Å². The van der Waals surface area contributed by atoms with Gasteiger partial charge in [-0.25, -0.2) is 9.78 Å². The van der Waals surface area contributed by atoms with Crippen molar-refractivity contribution in [3.63, 3.8) is 0 Å². The lowest BCUT2D eigenvalue weighted by Crippen LogP contribution is -2.10. The SMILES string of the molecule is CC(C)Oc1ccnc(NCc2cc(C(=O)O)ccn2)n1. The molecule has 2 rings (SSSR count). The fourth-order valence-electron chi connectivity index (χ4n) is 1.61. The van der Waals surface area contributed by atoms with Crippen LogP contribution in [0.1, 0.15) is 29.9 Å². The molecule has 7 nitrogen and oxygen atoms in total. The average molecular weight is 288 g/mol. The largest absolute Gasteiger partial charge is 0.478 e. The van der Waals surface area contributed by atoms with Crippen molar-refractivity contribution in [2.24, 2.45) is 0 Å². The van der Waals surface area contributed by atoms with Crippen molar-refractivity contribution in [2.75, 3.05) is 5.32 Å². The highest BCUT2D eigenvalue weighted by atomic mass is 16.5. The molecule has 0 aliphatic heterocycles. The first-order chi connectivity index (χ1) is 10.0. The van der Waals surface area contributed by atoms with Gasteiger partial charge in [-0.2, -0.15) is 4.98 Å². The molecule has 21 heavy (non-hydrogen) atoms. The van der Waals surface area contributed by atoms with Gasteiger partial charge >= 0.3 is 5.97 Å². The van der Waals surface area contributed by atoms with Gasteiger partial charge in [-0.3, -0.25) is 4.98 Å². The number of nitrogens with zero attached hydrogens (tertiary/aromatic N) is 3. The maximum Gasteiger partial charge on any atom is 0.335 e. The van der Waals surface area contributed by atoms with Gasteiger partial charge in [0.25, 0.3) is 0 Å². The third kappa shape index (κ3) is 4.41. The lowest BCUT2D eigenvalue weighted by atomic mass is 10.2. The molecule has 0 aliphatic rings. The Morgan fingerprint density at radius 3 is 2.81 bits per heavy atom. The van der Waals surface area contributed by atoms with Crippen LogP contribution in [0.3, 0.4) is 0 Å². The molecule has 0 amide bonds. The minimum absolute atomic E-state index is 0.0293. The highest BCUT2D eigenvalue weighted by Crippen LogP contribution is 2.11.